The van der Waals surface area contributed by atoms with Crippen molar-refractivity contribution in [2.45, 2.75) is 29.3 Å². The third-order valence-electron chi connectivity index (χ3n) is 5.29. The lowest BCUT2D eigenvalue weighted by atomic mass is 10.0. The van der Waals surface area contributed by atoms with Crippen molar-refractivity contribution in [1.29, 1.82) is 0 Å². The highest BCUT2D eigenvalue weighted by atomic mass is 32.2. The molecule has 2 N–H and O–H groups in total. The Morgan fingerprint density at radius 1 is 0.970 bits per heavy atom. The number of rotatable bonds is 4. The summed E-state index contributed by atoms with van der Waals surface area (Å²) < 4.78 is 81.5. The summed E-state index contributed by atoms with van der Waals surface area (Å²) >= 11 is 1.59. The second-order valence-electron chi connectivity index (χ2n) is 7.43. The number of aromatic nitrogens is 3. The number of anilines is 1. The molecule has 1 fully saturated rings. The minimum atomic E-state index is -4.82. The first-order valence-electron chi connectivity index (χ1n) is 9.85. The van der Waals surface area contributed by atoms with Gasteiger partial charge in [0.05, 0.1) is 5.25 Å². The van der Waals surface area contributed by atoms with E-state index in [9.17, 15) is 26.0 Å². The average Bonchev–Trinajstić information content (AvgIpc) is 2.79. The summed E-state index contributed by atoms with van der Waals surface area (Å²) in [7, 11) is -4.18. The first kappa shape index (κ1) is 23.4. The molecule has 1 aliphatic heterocycles. The minimum absolute atomic E-state index is 0.0163. The Hall–Kier alpha value is -2.73. The number of benzene rings is 1. The topological polar surface area (TPSA) is 98.8 Å². The molecular formula is C21H18F4N4O2S2. The molecule has 2 aromatic heterocycles. The fourth-order valence-electron chi connectivity index (χ4n) is 3.57. The number of thioether (sulfide) groups is 1. The average molecular weight is 499 g/mol. The number of sulfone groups is 1. The SMILES string of the molecule is Nc1ncc(-c2ccc(-c3ccc(C(F)(F)F)nc3S(=O)(=O)C3CCSCC3)cc2F)cn1. The van der Waals surface area contributed by atoms with Gasteiger partial charge in [-0.25, -0.2) is 27.8 Å². The van der Waals surface area contributed by atoms with E-state index in [-0.39, 0.29) is 22.6 Å². The Morgan fingerprint density at radius 3 is 2.21 bits per heavy atom. The van der Waals surface area contributed by atoms with Crippen molar-refractivity contribution in [1.82, 2.24) is 15.0 Å². The third-order valence-corrected chi connectivity index (χ3v) is 8.54. The zero-order chi connectivity index (χ0) is 23.8. The van der Waals surface area contributed by atoms with E-state index < -0.39 is 37.8 Å². The maximum atomic E-state index is 14.9. The molecule has 1 aromatic carbocycles. The van der Waals surface area contributed by atoms with E-state index in [0.29, 0.717) is 36.0 Å². The van der Waals surface area contributed by atoms with E-state index >= 15 is 0 Å². The Bertz CT molecular complexity index is 1280. The van der Waals surface area contributed by atoms with Gasteiger partial charge < -0.3 is 5.73 Å². The van der Waals surface area contributed by atoms with E-state index in [4.69, 9.17) is 5.73 Å². The number of nitrogens with two attached hydrogens (primary N) is 1. The summed E-state index contributed by atoms with van der Waals surface area (Å²) in [5.41, 5.74) is 4.61. The lowest BCUT2D eigenvalue weighted by Crippen LogP contribution is -2.28. The zero-order valence-corrected chi connectivity index (χ0v) is 18.6. The van der Waals surface area contributed by atoms with Crippen molar-refractivity contribution < 1.29 is 26.0 Å². The molecule has 174 valence electrons. The highest BCUT2D eigenvalue weighted by Gasteiger charge is 2.37. The van der Waals surface area contributed by atoms with E-state index in [1.165, 1.54) is 24.5 Å². The number of pyridine rings is 1. The van der Waals surface area contributed by atoms with Gasteiger partial charge in [-0.3, -0.25) is 0 Å². The highest BCUT2D eigenvalue weighted by molar-refractivity contribution is 7.99. The molecule has 4 rings (SSSR count). The van der Waals surface area contributed by atoms with Gasteiger partial charge in [-0.15, -0.1) is 0 Å². The standard InChI is InChI=1S/C21H18F4N4O2S2/c22-17-9-12(1-2-15(17)13-10-27-20(26)28-11-13)16-3-4-18(21(23,24)25)29-19(16)33(30,31)14-5-7-32-8-6-14/h1-4,9-11,14H,5-8H2,(H2,26,27,28). The molecule has 1 aliphatic rings. The predicted octanol–water partition coefficient (Wildman–Crippen LogP) is 4.62. The largest absolute Gasteiger partial charge is 0.433 e. The second-order valence-corrected chi connectivity index (χ2v) is 10.8. The summed E-state index contributed by atoms with van der Waals surface area (Å²) in [6.07, 6.45) is -1.53. The van der Waals surface area contributed by atoms with Crippen LogP contribution in [0.25, 0.3) is 22.3 Å². The second kappa shape index (κ2) is 8.90. The van der Waals surface area contributed by atoms with Crippen LogP contribution < -0.4 is 5.73 Å². The van der Waals surface area contributed by atoms with Gasteiger partial charge in [-0.2, -0.15) is 24.9 Å². The number of halogens is 4. The fourth-order valence-corrected chi connectivity index (χ4v) is 6.87. The van der Waals surface area contributed by atoms with Gasteiger partial charge in [0.25, 0.3) is 0 Å². The van der Waals surface area contributed by atoms with Gasteiger partial charge in [0.15, 0.2) is 14.9 Å². The number of nitrogen functional groups attached to an aromatic ring is 1. The van der Waals surface area contributed by atoms with Crippen LogP contribution in [0.4, 0.5) is 23.5 Å². The van der Waals surface area contributed by atoms with Crippen LogP contribution in [0.3, 0.4) is 0 Å². The smallest absolute Gasteiger partial charge is 0.368 e. The van der Waals surface area contributed by atoms with Crippen molar-refractivity contribution in [3.05, 3.63) is 54.2 Å². The molecule has 6 nitrogen and oxygen atoms in total. The molecule has 3 aromatic rings. The molecule has 3 heterocycles. The van der Waals surface area contributed by atoms with Crippen LogP contribution in [0.5, 0.6) is 0 Å². The van der Waals surface area contributed by atoms with Gasteiger partial charge in [0, 0.05) is 29.1 Å². The lowest BCUT2D eigenvalue weighted by Gasteiger charge is -2.23. The summed E-state index contributed by atoms with van der Waals surface area (Å²) in [4.78, 5) is 11.1. The van der Waals surface area contributed by atoms with Gasteiger partial charge in [-0.05, 0) is 48.1 Å². The van der Waals surface area contributed by atoms with E-state index in [1.54, 1.807) is 11.8 Å². The molecule has 0 amide bonds. The molecule has 12 heteroatoms. The first-order chi connectivity index (χ1) is 15.6. The quantitative estimate of drug-likeness (QED) is 0.524. The third kappa shape index (κ3) is 4.81. The number of hydrogen-bond acceptors (Lipinski definition) is 7. The van der Waals surface area contributed by atoms with Crippen LogP contribution >= 0.6 is 11.8 Å². The highest BCUT2D eigenvalue weighted by Crippen LogP contribution is 2.37. The molecule has 0 atom stereocenters. The van der Waals surface area contributed by atoms with Crippen molar-refractivity contribution in [2.24, 2.45) is 0 Å². The molecule has 0 bridgehead atoms. The maximum absolute atomic E-state index is 14.9. The van der Waals surface area contributed by atoms with Gasteiger partial charge in [0.1, 0.15) is 11.5 Å². The van der Waals surface area contributed by atoms with Crippen LogP contribution in [0.15, 0.2) is 47.8 Å². The number of nitrogens with zero attached hydrogens (tertiary/aromatic N) is 3. The molecular weight excluding hydrogens is 480 g/mol. The molecule has 0 saturated carbocycles. The fraction of sp³-hybridized carbons (Fsp3) is 0.286. The summed E-state index contributed by atoms with van der Waals surface area (Å²) in [6, 6.07) is 5.59. The molecule has 0 radical (unpaired) electrons. The van der Waals surface area contributed by atoms with Crippen molar-refractivity contribution in [3.8, 4) is 22.3 Å². The van der Waals surface area contributed by atoms with Crippen LogP contribution in [0.1, 0.15) is 18.5 Å². The monoisotopic (exact) mass is 498 g/mol. The molecule has 0 unspecified atom stereocenters. The summed E-state index contributed by atoms with van der Waals surface area (Å²) in [5.74, 6) is 0.469. The molecule has 0 spiro atoms. The van der Waals surface area contributed by atoms with Gasteiger partial charge in [-0.1, -0.05) is 12.1 Å². The van der Waals surface area contributed by atoms with Crippen LogP contribution in [0.2, 0.25) is 0 Å². The van der Waals surface area contributed by atoms with E-state index in [0.717, 1.165) is 12.1 Å². The summed E-state index contributed by atoms with van der Waals surface area (Å²) in [6.45, 7) is 0. The van der Waals surface area contributed by atoms with E-state index in [1.807, 2.05) is 0 Å². The first-order valence-corrected chi connectivity index (χ1v) is 12.5. The number of hydrogen-bond donors (Lipinski definition) is 1. The Labute approximate surface area is 191 Å². The van der Waals surface area contributed by atoms with Crippen molar-refractivity contribution in [2.75, 3.05) is 17.2 Å². The molecule has 33 heavy (non-hydrogen) atoms. The van der Waals surface area contributed by atoms with E-state index in [2.05, 4.69) is 15.0 Å². The Balaban J connectivity index is 1.83. The maximum Gasteiger partial charge on any atom is 0.433 e. The normalized spacial score (nSPS) is 15.5. The predicted molar refractivity (Wildman–Crippen MR) is 118 cm³/mol. The molecule has 0 aliphatic carbocycles. The zero-order valence-electron chi connectivity index (χ0n) is 17.0. The van der Waals surface area contributed by atoms with Crippen molar-refractivity contribution in [3.63, 3.8) is 0 Å². The van der Waals surface area contributed by atoms with Gasteiger partial charge in [0.2, 0.25) is 5.95 Å². The van der Waals surface area contributed by atoms with Crippen LogP contribution in [0, 0.1) is 5.82 Å². The lowest BCUT2D eigenvalue weighted by molar-refractivity contribution is -0.141. The Morgan fingerprint density at radius 2 is 1.61 bits per heavy atom. The van der Waals surface area contributed by atoms with Crippen molar-refractivity contribution >= 4 is 27.5 Å². The van der Waals surface area contributed by atoms with Gasteiger partial charge >= 0.3 is 6.18 Å². The van der Waals surface area contributed by atoms with Crippen LogP contribution in [-0.2, 0) is 16.0 Å². The Kier molecular flexibility index (Phi) is 6.32. The van der Waals surface area contributed by atoms with Crippen LogP contribution in [-0.4, -0.2) is 40.1 Å². The minimum Gasteiger partial charge on any atom is -0.368 e. The molecule has 1 saturated heterocycles. The number of alkyl halides is 3. The summed E-state index contributed by atoms with van der Waals surface area (Å²) in [5, 5.41) is -1.53.